The number of carbonyl (C=O) groups excluding carboxylic acids is 1. The van der Waals surface area contributed by atoms with Gasteiger partial charge in [0, 0.05) is 10.5 Å². The third kappa shape index (κ3) is 4.23. The number of benzene rings is 1. The standard InChI is InChI=1S/C14H10Br2F2N2O2/c15-11-1-2-12(16)20-13(11)10(6-22-14(19)21)7-3-8(17)5-9(18)4-7/h1-5,10H,6H2,(H2,19,21)/t10-/m0/s1. The third-order valence-electron chi connectivity index (χ3n) is 2.85. The van der Waals surface area contributed by atoms with Crippen molar-refractivity contribution in [2.75, 3.05) is 6.61 Å². The van der Waals surface area contributed by atoms with Gasteiger partial charge in [-0.05, 0) is 61.7 Å². The van der Waals surface area contributed by atoms with Crippen molar-refractivity contribution in [2.24, 2.45) is 5.73 Å². The molecule has 0 aliphatic rings. The number of amides is 1. The average Bonchev–Trinajstić information content (AvgIpc) is 2.41. The summed E-state index contributed by atoms with van der Waals surface area (Å²) in [5, 5.41) is 0. The van der Waals surface area contributed by atoms with E-state index in [-0.39, 0.29) is 12.2 Å². The quantitative estimate of drug-likeness (QED) is 0.735. The summed E-state index contributed by atoms with van der Waals surface area (Å²) in [6, 6.07) is 6.50. The van der Waals surface area contributed by atoms with Gasteiger partial charge in [0.25, 0.3) is 0 Å². The lowest BCUT2D eigenvalue weighted by atomic mass is 9.95. The molecule has 0 saturated heterocycles. The summed E-state index contributed by atoms with van der Waals surface area (Å²) in [5.74, 6) is -2.14. The first-order chi connectivity index (χ1) is 10.4. The summed E-state index contributed by atoms with van der Waals surface area (Å²) >= 11 is 6.56. The Hall–Kier alpha value is -1.54. The van der Waals surface area contributed by atoms with Crippen LogP contribution in [0.15, 0.2) is 39.4 Å². The van der Waals surface area contributed by atoms with Crippen molar-refractivity contribution < 1.29 is 18.3 Å². The molecule has 22 heavy (non-hydrogen) atoms. The highest BCUT2D eigenvalue weighted by atomic mass is 79.9. The molecule has 0 fully saturated rings. The van der Waals surface area contributed by atoms with Crippen LogP contribution >= 0.6 is 31.9 Å². The van der Waals surface area contributed by atoms with Gasteiger partial charge in [-0.3, -0.25) is 0 Å². The van der Waals surface area contributed by atoms with Crippen LogP contribution in [0.2, 0.25) is 0 Å². The minimum atomic E-state index is -0.979. The van der Waals surface area contributed by atoms with Gasteiger partial charge in [-0.2, -0.15) is 0 Å². The van der Waals surface area contributed by atoms with Gasteiger partial charge < -0.3 is 10.5 Å². The van der Waals surface area contributed by atoms with E-state index >= 15 is 0 Å². The van der Waals surface area contributed by atoms with Crippen LogP contribution in [-0.4, -0.2) is 17.7 Å². The first-order valence-electron chi connectivity index (χ1n) is 6.07. The Morgan fingerprint density at radius 3 is 2.45 bits per heavy atom. The van der Waals surface area contributed by atoms with E-state index in [2.05, 4.69) is 36.8 Å². The van der Waals surface area contributed by atoms with Crippen molar-refractivity contribution in [2.45, 2.75) is 5.92 Å². The Kier molecular flexibility index (Phi) is 5.47. The lowest BCUT2D eigenvalue weighted by Crippen LogP contribution is -2.20. The molecule has 1 aromatic heterocycles. The second-order valence-corrected chi connectivity index (χ2v) is 6.05. The van der Waals surface area contributed by atoms with Crippen molar-refractivity contribution in [1.82, 2.24) is 4.98 Å². The highest BCUT2D eigenvalue weighted by molar-refractivity contribution is 9.11. The fourth-order valence-corrected chi connectivity index (χ4v) is 2.77. The molecule has 116 valence electrons. The average molecular weight is 436 g/mol. The Labute approximate surface area is 141 Å². The Bertz CT molecular complexity index is 693. The minimum Gasteiger partial charge on any atom is -0.449 e. The molecule has 1 amide bonds. The van der Waals surface area contributed by atoms with E-state index < -0.39 is 23.6 Å². The number of rotatable bonds is 4. The number of carbonyl (C=O) groups is 1. The highest BCUT2D eigenvalue weighted by Gasteiger charge is 2.22. The summed E-state index contributed by atoms with van der Waals surface area (Å²) < 4.78 is 32.9. The van der Waals surface area contributed by atoms with Crippen LogP contribution < -0.4 is 5.73 Å². The second-order valence-electron chi connectivity index (χ2n) is 4.39. The number of halogens is 4. The molecule has 0 aliphatic heterocycles. The second kappa shape index (κ2) is 7.15. The van der Waals surface area contributed by atoms with E-state index in [4.69, 9.17) is 10.5 Å². The van der Waals surface area contributed by atoms with Crippen molar-refractivity contribution in [3.05, 3.63) is 62.3 Å². The summed E-state index contributed by atoms with van der Waals surface area (Å²) in [5.41, 5.74) is 5.72. The van der Waals surface area contributed by atoms with Crippen molar-refractivity contribution in [3.63, 3.8) is 0 Å². The Morgan fingerprint density at radius 2 is 1.86 bits per heavy atom. The molecule has 0 aliphatic carbocycles. The summed E-state index contributed by atoms with van der Waals surface area (Å²) in [7, 11) is 0. The molecular weight excluding hydrogens is 426 g/mol. The number of hydrogen-bond donors (Lipinski definition) is 1. The van der Waals surface area contributed by atoms with Crippen molar-refractivity contribution >= 4 is 38.0 Å². The van der Waals surface area contributed by atoms with E-state index in [1.807, 2.05) is 0 Å². The number of aromatic nitrogens is 1. The van der Waals surface area contributed by atoms with Gasteiger partial charge in [0.1, 0.15) is 22.8 Å². The van der Waals surface area contributed by atoms with Crippen LogP contribution in [0.5, 0.6) is 0 Å². The molecule has 1 atom stereocenters. The first-order valence-corrected chi connectivity index (χ1v) is 7.65. The third-order valence-corrected chi connectivity index (χ3v) is 3.96. The lowest BCUT2D eigenvalue weighted by Gasteiger charge is -2.18. The Balaban J connectivity index is 2.50. The summed E-state index contributed by atoms with van der Waals surface area (Å²) in [6.07, 6.45) is -0.979. The SMILES string of the molecule is NC(=O)OC[C@@H](c1cc(F)cc(F)c1)c1nc(Br)ccc1Br. The smallest absolute Gasteiger partial charge is 0.404 e. The zero-order chi connectivity index (χ0) is 16.3. The molecule has 1 aromatic carbocycles. The van der Waals surface area contributed by atoms with Crippen LogP contribution in [0.25, 0.3) is 0 Å². The number of ether oxygens (including phenoxy) is 1. The van der Waals surface area contributed by atoms with Gasteiger partial charge in [0.2, 0.25) is 0 Å². The molecule has 4 nitrogen and oxygen atoms in total. The highest BCUT2D eigenvalue weighted by Crippen LogP contribution is 2.31. The van der Waals surface area contributed by atoms with E-state index in [9.17, 15) is 13.6 Å². The monoisotopic (exact) mass is 434 g/mol. The predicted molar refractivity (Wildman–Crippen MR) is 83.4 cm³/mol. The molecule has 0 spiro atoms. The lowest BCUT2D eigenvalue weighted by molar-refractivity contribution is 0.152. The fraction of sp³-hybridized carbons (Fsp3) is 0.143. The molecule has 0 saturated carbocycles. The predicted octanol–water partition coefficient (Wildman–Crippen LogP) is 4.11. The maximum Gasteiger partial charge on any atom is 0.404 e. The molecule has 0 radical (unpaired) electrons. The van der Waals surface area contributed by atoms with Gasteiger partial charge in [0.05, 0.1) is 11.6 Å². The number of nitrogens with zero attached hydrogens (tertiary/aromatic N) is 1. The van der Waals surface area contributed by atoms with Gasteiger partial charge in [-0.1, -0.05) is 0 Å². The minimum absolute atomic E-state index is 0.194. The number of pyridine rings is 1. The van der Waals surface area contributed by atoms with Crippen LogP contribution in [0.3, 0.4) is 0 Å². The maximum atomic E-state index is 13.5. The molecule has 0 bridgehead atoms. The largest absolute Gasteiger partial charge is 0.449 e. The summed E-state index contributed by atoms with van der Waals surface area (Å²) in [6.45, 7) is -0.194. The zero-order valence-electron chi connectivity index (χ0n) is 11.0. The van der Waals surface area contributed by atoms with E-state index in [0.717, 1.165) is 18.2 Å². The number of primary amides is 1. The van der Waals surface area contributed by atoms with Crippen LogP contribution in [-0.2, 0) is 4.74 Å². The maximum absolute atomic E-state index is 13.5. The molecule has 2 aromatic rings. The van der Waals surface area contributed by atoms with Crippen LogP contribution in [0.4, 0.5) is 13.6 Å². The van der Waals surface area contributed by atoms with Gasteiger partial charge in [-0.25, -0.2) is 18.6 Å². The first kappa shape index (κ1) is 16.8. The van der Waals surface area contributed by atoms with Crippen molar-refractivity contribution in [1.29, 1.82) is 0 Å². The molecule has 8 heteroatoms. The topological polar surface area (TPSA) is 65.2 Å². The van der Waals surface area contributed by atoms with E-state index in [1.165, 1.54) is 0 Å². The van der Waals surface area contributed by atoms with E-state index in [1.54, 1.807) is 12.1 Å². The molecule has 0 unspecified atom stereocenters. The Morgan fingerprint density at radius 1 is 1.23 bits per heavy atom. The molecular formula is C14H10Br2F2N2O2. The molecule has 2 rings (SSSR count). The van der Waals surface area contributed by atoms with Crippen molar-refractivity contribution in [3.8, 4) is 0 Å². The number of nitrogens with two attached hydrogens (primary N) is 1. The zero-order valence-corrected chi connectivity index (χ0v) is 14.2. The summed E-state index contributed by atoms with van der Waals surface area (Å²) in [4.78, 5) is 15.1. The number of hydrogen-bond acceptors (Lipinski definition) is 3. The fourth-order valence-electron chi connectivity index (χ4n) is 1.95. The van der Waals surface area contributed by atoms with Crippen LogP contribution in [0.1, 0.15) is 17.2 Å². The van der Waals surface area contributed by atoms with Gasteiger partial charge in [-0.15, -0.1) is 0 Å². The van der Waals surface area contributed by atoms with E-state index in [0.29, 0.717) is 14.8 Å². The van der Waals surface area contributed by atoms with Gasteiger partial charge in [0.15, 0.2) is 0 Å². The molecule has 2 N–H and O–H groups in total. The molecule has 1 heterocycles. The van der Waals surface area contributed by atoms with Crippen LogP contribution in [0, 0.1) is 11.6 Å². The van der Waals surface area contributed by atoms with Gasteiger partial charge >= 0.3 is 6.09 Å². The normalized spacial score (nSPS) is 12.0.